The van der Waals surface area contributed by atoms with Gasteiger partial charge in [-0.15, -0.1) is 0 Å². The number of carbonyl (C=O) groups is 2. The lowest BCUT2D eigenvalue weighted by atomic mass is 10.1. The normalized spacial score (nSPS) is 10.2. The number of fused-ring (bicyclic) bond motifs is 1. The van der Waals surface area contributed by atoms with E-state index < -0.39 is 5.82 Å². The summed E-state index contributed by atoms with van der Waals surface area (Å²) in [5, 5.41) is 2.98. The highest BCUT2D eigenvalue weighted by molar-refractivity contribution is 6.06. The van der Waals surface area contributed by atoms with Gasteiger partial charge in [0.2, 0.25) is 0 Å². The molecule has 0 spiro atoms. The Labute approximate surface area is 96.5 Å². The smallest absolute Gasteiger partial charge is 0.252 e. The van der Waals surface area contributed by atoms with Gasteiger partial charge in [0.05, 0.1) is 17.6 Å². The first-order valence-corrected chi connectivity index (χ1v) is 4.98. The molecule has 1 aromatic carbocycles. The van der Waals surface area contributed by atoms with Crippen LogP contribution >= 0.6 is 0 Å². The van der Waals surface area contributed by atoms with Gasteiger partial charge in [0, 0.05) is 17.6 Å². The first-order valence-electron chi connectivity index (χ1n) is 4.98. The van der Waals surface area contributed by atoms with Crippen LogP contribution in [0.15, 0.2) is 30.5 Å². The van der Waals surface area contributed by atoms with Gasteiger partial charge in [-0.1, -0.05) is 0 Å². The zero-order valence-corrected chi connectivity index (χ0v) is 8.81. The highest BCUT2D eigenvalue weighted by Gasteiger charge is 2.10. The molecule has 0 aliphatic rings. The van der Waals surface area contributed by atoms with Crippen LogP contribution in [0.2, 0.25) is 0 Å². The monoisotopic (exact) mass is 232 g/mol. The van der Waals surface area contributed by atoms with Gasteiger partial charge in [-0.05, 0) is 18.2 Å². The second-order valence-corrected chi connectivity index (χ2v) is 3.40. The number of pyridine rings is 1. The third-order valence-electron chi connectivity index (χ3n) is 2.30. The Morgan fingerprint density at radius 2 is 2.24 bits per heavy atom. The van der Waals surface area contributed by atoms with Crippen LogP contribution in [0.3, 0.4) is 0 Å². The molecule has 0 saturated carbocycles. The van der Waals surface area contributed by atoms with Gasteiger partial charge in [-0.3, -0.25) is 9.78 Å². The van der Waals surface area contributed by atoms with Crippen LogP contribution in [0.5, 0.6) is 0 Å². The third-order valence-corrected chi connectivity index (χ3v) is 2.30. The molecular formula is C12H9FN2O2. The number of rotatable bonds is 3. The molecule has 0 bridgehead atoms. The average molecular weight is 232 g/mol. The molecule has 2 rings (SSSR count). The summed E-state index contributed by atoms with van der Waals surface area (Å²) in [6.07, 6.45) is 2.03. The molecule has 86 valence electrons. The quantitative estimate of drug-likeness (QED) is 0.811. The molecule has 0 aliphatic carbocycles. The molecule has 17 heavy (non-hydrogen) atoms. The van der Waals surface area contributed by atoms with E-state index in [9.17, 15) is 14.0 Å². The van der Waals surface area contributed by atoms with E-state index in [1.54, 1.807) is 0 Å². The minimum Gasteiger partial charge on any atom is -0.345 e. The number of aromatic nitrogens is 1. The lowest BCUT2D eigenvalue weighted by Gasteiger charge is -2.05. The maximum Gasteiger partial charge on any atom is 0.252 e. The van der Waals surface area contributed by atoms with Crippen molar-refractivity contribution in [3.05, 3.63) is 41.8 Å². The molecule has 1 amide bonds. The highest BCUT2D eigenvalue weighted by atomic mass is 19.1. The number of hydrogen-bond acceptors (Lipinski definition) is 3. The van der Waals surface area contributed by atoms with Crippen LogP contribution in [0, 0.1) is 5.82 Å². The molecule has 0 atom stereocenters. The Morgan fingerprint density at radius 3 is 3.00 bits per heavy atom. The fourth-order valence-corrected chi connectivity index (χ4v) is 1.55. The molecule has 0 aliphatic heterocycles. The van der Waals surface area contributed by atoms with E-state index in [4.69, 9.17) is 0 Å². The molecular weight excluding hydrogens is 223 g/mol. The maximum atomic E-state index is 13.0. The van der Waals surface area contributed by atoms with Crippen LogP contribution in [0.4, 0.5) is 4.39 Å². The zero-order valence-electron chi connectivity index (χ0n) is 8.81. The maximum absolute atomic E-state index is 13.0. The molecule has 1 aromatic heterocycles. The molecule has 0 unspecified atom stereocenters. The molecule has 0 radical (unpaired) electrons. The summed E-state index contributed by atoms with van der Waals surface area (Å²) in [5.41, 5.74) is 0.778. The van der Waals surface area contributed by atoms with Gasteiger partial charge in [0.25, 0.3) is 5.91 Å². The van der Waals surface area contributed by atoms with Gasteiger partial charge in [-0.25, -0.2) is 4.39 Å². The van der Waals surface area contributed by atoms with Crippen molar-refractivity contribution >= 4 is 23.1 Å². The second-order valence-electron chi connectivity index (χ2n) is 3.40. The van der Waals surface area contributed by atoms with Crippen molar-refractivity contribution in [1.82, 2.24) is 10.3 Å². The fraction of sp³-hybridized carbons (Fsp3) is 0.0833. The lowest BCUT2D eigenvalue weighted by molar-refractivity contribution is -0.107. The summed E-state index contributed by atoms with van der Waals surface area (Å²) in [6, 6.07) is 5.54. The molecule has 4 nitrogen and oxygen atoms in total. The Bertz CT molecular complexity index is 584. The van der Waals surface area contributed by atoms with Crippen LogP contribution in [0.1, 0.15) is 10.4 Å². The van der Waals surface area contributed by atoms with Crippen molar-refractivity contribution < 1.29 is 14.0 Å². The minimum absolute atomic E-state index is 0.0517. The Balaban J connectivity index is 2.47. The summed E-state index contributed by atoms with van der Waals surface area (Å²) in [7, 11) is 0. The van der Waals surface area contributed by atoms with Crippen LogP contribution in [0.25, 0.3) is 10.9 Å². The number of carbonyl (C=O) groups excluding carboxylic acids is 2. The second kappa shape index (κ2) is 4.69. The predicted molar refractivity (Wildman–Crippen MR) is 60.1 cm³/mol. The molecule has 5 heteroatoms. The molecule has 0 fully saturated rings. The van der Waals surface area contributed by atoms with E-state index in [0.29, 0.717) is 22.8 Å². The van der Waals surface area contributed by atoms with Gasteiger partial charge >= 0.3 is 0 Å². The largest absolute Gasteiger partial charge is 0.345 e. The van der Waals surface area contributed by atoms with E-state index in [-0.39, 0.29) is 12.5 Å². The van der Waals surface area contributed by atoms with Crippen LogP contribution in [-0.4, -0.2) is 23.7 Å². The number of nitrogens with zero attached hydrogens (tertiary/aromatic N) is 1. The summed E-state index contributed by atoms with van der Waals surface area (Å²) in [5.74, 6) is -0.786. The van der Waals surface area contributed by atoms with E-state index >= 15 is 0 Å². The molecule has 1 N–H and O–H groups in total. The van der Waals surface area contributed by atoms with Gasteiger partial charge < -0.3 is 10.1 Å². The fourth-order valence-electron chi connectivity index (χ4n) is 1.55. The lowest BCUT2D eigenvalue weighted by Crippen LogP contribution is -2.25. The first-order chi connectivity index (χ1) is 8.22. The molecule has 2 aromatic rings. The van der Waals surface area contributed by atoms with E-state index in [1.807, 2.05) is 0 Å². The number of aldehydes is 1. The van der Waals surface area contributed by atoms with Gasteiger partial charge in [0.1, 0.15) is 12.1 Å². The Morgan fingerprint density at radius 1 is 1.41 bits per heavy atom. The van der Waals surface area contributed by atoms with Gasteiger partial charge in [-0.2, -0.15) is 0 Å². The predicted octanol–water partition coefficient (Wildman–Crippen LogP) is 1.30. The van der Waals surface area contributed by atoms with Crippen LogP contribution < -0.4 is 5.32 Å². The van der Waals surface area contributed by atoms with Crippen molar-refractivity contribution in [3.8, 4) is 0 Å². The van der Waals surface area contributed by atoms with E-state index in [1.165, 1.54) is 30.5 Å². The number of hydrogen-bond donors (Lipinski definition) is 1. The summed E-state index contributed by atoms with van der Waals surface area (Å²) < 4.78 is 13.0. The summed E-state index contributed by atoms with van der Waals surface area (Å²) in [4.78, 5) is 25.9. The first kappa shape index (κ1) is 11.2. The van der Waals surface area contributed by atoms with E-state index in [0.717, 1.165) is 0 Å². The summed E-state index contributed by atoms with van der Waals surface area (Å²) >= 11 is 0. The number of benzene rings is 1. The standard InChI is InChI=1S/C12H9FN2O2/c13-8-1-2-9-10(12(17)15-5-6-16)3-4-14-11(9)7-8/h1-4,6-7H,5H2,(H,15,17). The van der Waals surface area contributed by atoms with E-state index in [2.05, 4.69) is 10.3 Å². The topological polar surface area (TPSA) is 59.1 Å². The third kappa shape index (κ3) is 2.28. The van der Waals surface area contributed by atoms with Crippen molar-refractivity contribution in [2.24, 2.45) is 0 Å². The van der Waals surface area contributed by atoms with Gasteiger partial charge in [0.15, 0.2) is 0 Å². The zero-order chi connectivity index (χ0) is 12.3. The van der Waals surface area contributed by atoms with Crippen molar-refractivity contribution in [2.45, 2.75) is 0 Å². The minimum atomic E-state index is -0.407. The summed E-state index contributed by atoms with van der Waals surface area (Å²) in [6.45, 7) is -0.0517. The number of amides is 1. The van der Waals surface area contributed by atoms with Crippen molar-refractivity contribution in [3.63, 3.8) is 0 Å². The number of nitrogens with one attached hydrogen (secondary N) is 1. The Hall–Kier alpha value is -2.30. The molecule has 0 saturated heterocycles. The SMILES string of the molecule is O=CCNC(=O)c1ccnc2cc(F)ccc12. The number of halogens is 1. The molecule has 1 heterocycles. The van der Waals surface area contributed by atoms with Crippen molar-refractivity contribution in [1.29, 1.82) is 0 Å². The van der Waals surface area contributed by atoms with Crippen molar-refractivity contribution in [2.75, 3.05) is 6.54 Å². The Kier molecular flexibility index (Phi) is 3.09. The average Bonchev–Trinajstić information content (AvgIpc) is 2.34. The highest BCUT2D eigenvalue weighted by Crippen LogP contribution is 2.17. The van der Waals surface area contributed by atoms with Crippen LogP contribution in [-0.2, 0) is 4.79 Å².